The van der Waals surface area contributed by atoms with Crippen molar-refractivity contribution in [2.75, 3.05) is 5.43 Å². The van der Waals surface area contributed by atoms with Gasteiger partial charge in [0, 0.05) is 7.05 Å². The molecule has 2 aromatic rings. The number of rotatable bonds is 2. The van der Waals surface area contributed by atoms with Gasteiger partial charge in [-0.3, -0.25) is 14.8 Å². The summed E-state index contributed by atoms with van der Waals surface area (Å²) in [6.45, 7) is 5.41. The van der Waals surface area contributed by atoms with Crippen LogP contribution in [0.15, 0.2) is 27.8 Å². The molecular weight excluding hydrogens is 268 g/mol. The molecule has 0 radical (unpaired) electrons. The lowest BCUT2D eigenvalue weighted by Crippen LogP contribution is -2.43. The van der Waals surface area contributed by atoms with Crippen molar-refractivity contribution in [3.05, 3.63) is 61.4 Å². The van der Waals surface area contributed by atoms with Crippen LogP contribution in [0, 0.1) is 32.1 Å². The van der Waals surface area contributed by atoms with Gasteiger partial charge >= 0.3 is 5.69 Å². The van der Waals surface area contributed by atoms with Gasteiger partial charge in [0.25, 0.3) is 5.56 Å². The predicted molar refractivity (Wildman–Crippen MR) is 80.3 cm³/mol. The molecule has 0 aliphatic rings. The number of anilines is 1. The molecule has 0 spiro atoms. The van der Waals surface area contributed by atoms with Crippen molar-refractivity contribution in [3.63, 3.8) is 0 Å². The molecule has 0 atom stereocenters. The minimum Gasteiger partial charge on any atom is -0.290 e. The number of nitrogens with one attached hydrogen (secondary N) is 1. The van der Waals surface area contributed by atoms with Gasteiger partial charge in [-0.2, -0.15) is 5.26 Å². The highest BCUT2D eigenvalue weighted by Gasteiger charge is 2.15. The highest BCUT2D eigenvalue weighted by atomic mass is 16.2. The Morgan fingerprint density at radius 1 is 1.14 bits per heavy atom. The average molecular weight is 284 g/mol. The van der Waals surface area contributed by atoms with Crippen LogP contribution in [0.1, 0.15) is 22.4 Å². The third-order valence-corrected chi connectivity index (χ3v) is 3.51. The first-order chi connectivity index (χ1) is 9.88. The van der Waals surface area contributed by atoms with E-state index >= 15 is 0 Å². The average Bonchev–Trinajstić information content (AvgIpc) is 2.44. The van der Waals surface area contributed by atoms with Crippen LogP contribution in [0.25, 0.3) is 0 Å². The van der Waals surface area contributed by atoms with Crippen molar-refractivity contribution >= 4 is 5.69 Å². The van der Waals surface area contributed by atoms with E-state index < -0.39 is 11.2 Å². The summed E-state index contributed by atoms with van der Waals surface area (Å²) in [4.78, 5) is 24.1. The maximum absolute atomic E-state index is 12.3. The van der Waals surface area contributed by atoms with Crippen molar-refractivity contribution in [1.29, 1.82) is 5.26 Å². The highest BCUT2D eigenvalue weighted by Crippen LogP contribution is 2.19. The van der Waals surface area contributed by atoms with Crippen molar-refractivity contribution in [2.45, 2.75) is 20.8 Å². The van der Waals surface area contributed by atoms with E-state index in [0.29, 0.717) is 5.69 Å². The molecule has 0 aliphatic heterocycles. The largest absolute Gasteiger partial charge is 0.349 e. The quantitative estimate of drug-likeness (QED) is 0.899. The Labute approximate surface area is 121 Å². The third kappa shape index (κ3) is 2.34. The Morgan fingerprint density at radius 3 is 2.24 bits per heavy atom. The summed E-state index contributed by atoms with van der Waals surface area (Å²) >= 11 is 0. The van der Waals surface area contributed by atoms with Gasteiger partial charge in [-0.1, -0.05) is 18.2 Å². The van der Waals surface area contributed by atoms with Crippen LogP contribution in [0.3, 0.4) is 0 Å². The second kappa shape index (κ2) is 5.29. The summed E-state index contributed by atoms with van der Waals surface area (Å²) in [6, 6.07) is 7.62. The number of nitriles is 1. The number of benzene rings is 1. The number of hydrogen-bond donors (Lipinski definition) is 1. The SMILES string of the molecule is Cc1cccc(C)c1Nn1c(C)c(C#N)c(=O)n(C)c1=O. The lowest BCUT2D eigenvalue weighted by atomic mass is 10.1. The molecule has 6 heteroatoms. The number of aromatic nitrogens is 2. The van der Waals surface area contributed by atoms with Gasteiger partial charge in [-0.25, -0.2) is 9.47 Å². The van der Waals surface area contributed by atoms with Crippen molar-refractivity contribution in [1.82, 2.24) is 9.24 Å². The summed E-state index contributed by atoms with van der Waals surface area (Å²) in [5.74, 6) is 0. The molecule has 0 aliphatic carbocycles. The molecule has 21 heavy (non-hydrogen) atoms. The van der Waals surface area contributed by atoms with E-state index in [0.717, 1.165) is 21.4 Å². The van der Waals surface area contributed by atoms with Gasteiger partial charge < -0.3 is 0 Å². The lowest BCUT2D eigenvalue weighted by Gasteiger charge is -2.17. The Morgan fingerprint density at radius 2 is 1.71 bits per heavy atom. The van der Waals surface area contributed by atoms with Crippen molar-refractivity contribution < 1.29 is 0 Å². The summed E-state index contributed by atoms with van der Waals surface area (Å²) in [5, 5.41) is 9.11. The molecule has 0 unspecified atom stereocenters. The number of para-hydroxylation sites is 1. The van der Waals surface area contributed by atoms with Crippen LogP contribution in [-0.2, 0) is 7.05 Å². The fourth-order valence-electron chi connectivity index (χ4n) is 2.18. The molecule has 6 nitrogen and oxygen atoms in total. The molecule has 0 fully saturated rings. The minimum absolute atomic E-state index is 0.0455. The lowest BCUT2D eigenvalue weighted by molar-refractivity contribution is 0.679. The molecule has 0 saturated carbocycles. The number of aryl methyl sites for hydroxylation is 2. The van der Waals surface area contributed by atoms with Crippen LogP contribution in [0.5, 0.6) is 0 Å². The van der Waals surface area contributed by atoms with Crippen LogP contribution in [0.4, 0.5) is 5.69 Å². The van der Waals surface area contributed by atoms with E-state index in [2.05, 4.69) is 5.43 Å². The topological polar surface area (TPSA) is 79.8 Å². The zero-order chi connectivity index (χ0) is 15.7. The van der Waals surface area contributed by atoms with Crippen LogP contribution < -0.4 is 16.7 Å². The molecular formula is C15H16N4O2. The summed E-state index contributed by atoms with van der Waals surface area (Å²) in [7, 11) is 1.35. The first-order valence-corrected chi connectivity index (χ1v) is 6.44. The monoisotopic (exact) mass is 284 g/mol. The van der Waals surface area contributed by atoms with E-state index in [-0.39, 0.29) is 5.56 Å². The number of hydrogen-bond acceptors (Lipinski definition) is 4. The second-order valence-electron chi connectivity index (χ2n) is 4.93. The maximum atomic E-state index is 12.3. The number of nitrogens with zero attached hydrogens (tertiary/aromatic N) is 3. The van der Waals surface area contributed by atoms with Gasteiger partial charge in [0.2, 0.25) is 0 Å². The van der Waals surface area contributed by atoms with Crippen molar-refractivity contribution in [2.24, 2.45) is 7.05 Å². The summed E-state index contributed by atoms with van der Waals surface area (Å²) in [5.41, 5.74) is 4.88. The van der Waals surface area contributed by atoms with Gasteiger partial charge in [-0.05, 0) is 31.9 Å². The standard InChI is InChI=1S/C15H16N4O2/c1-9-6-5-7-10(2)13(9)17-19-11(3)12(8-16)14(20)18(4)15(19)21/h5-7,17H,1-4H3. The van der Waals surface area contributed by atoms with E-state index in [1.54, 1.807) is 6.92 Å². The molecule has 0 amide bonds. The van der Waals surface area contributed by atoms with Gasteiger partial charge in [0.1, 0.15) is 11.6 Å². The smallest absolute Gasteiger partial charge is 0.290 e. The van der Waals surface area contributed by atoms with Gasteiger partial charge in [0.05, 0.1) is 11.4 Å². The first kappa shape index (κ1) is 14.6. The summed E-state index contributed by atoms with van der Waals surface area (Å²) in [6.07, 6.45) is 0. The van der Waals surface area contributed by atoms with Crippen LogP contribution in [-0.4, -0.2) is 9.24 Å². The molecule has 2 rings (SSSR count). The molecule has 0 bridgehead atoms. The van der Waals surface area contributed by atoms with Gasteiger partial charge in [0.15, 0.2) is 0 Å². The highest BCUT2D eigenvalue weighted by molar-refractivity contribution is 5.56. The van der Waals surface area contributed by atoms with Crippen molar-refractivity contribution in [3.8, 4) is 6.07 Å². The van der Waals surface area contributed by atoms with Crippen LogP contribution in [0.2, 0.25) is 0 Å². The van der Waals surface area contributed by atoms with E-state index in [1.807, 2.05) is 38.1 Å². The molecule has 108 valence electrons. The summed E-state index contributed by atoms with van der Waals surface area (Å²) < 4.78 is 2.15. The predicted octanol–water partition coefficient (Wildman–Crippen LogP) is 1.22. The first-order valence-electron chi connectivity index (χ1n) is 6.44. The molecule has 1 heterocycles. The fraction of sp³-hybridized carbons (Fsp3) is 0.267. The van der Waals surface area contributed by atoms with E-state index in [1.165, 1.54) is 11.7 Å². The van der Waals surface area contributed by atoms with E-state index in [9.17, 15) is 9.59 Å². The minimum atomic E-state index is -0.584. The third-order valence-electron chi connectivity index (χ3n) is 3.51. The maximum Gasteiger partial charge on any atom is 0.349 e. The Balaban J connectivity index is 2.72. The molecule has 1 aromatic carbocycles. The normalized spacial score (nSPS) is 10.2. The molecule has 1 aromatic heterocycles. The zero-order valence-electron chi connectivity index (χ0n) is 12.4. The van der Waals surface area contributed by atoms with E-state index in [4.69, 9.17) is 5.26 Å². The van der Waals surface area contributed by atoms with Gasteiger partial charge in [-0.15, -0.1) is 0 Å². The molecule has 1 N–H and O–H groups in total. The second-order valence-corrected chi connectivity index (χ2v) is 4.93. The Kier molecular flexibility index (Phi) is 3.68. The van der Waals surface area contributed by atoms with Crippen LogP contribution >= 0.6 is 0 Å². The zero-order valence-corrected chi connectivity index (χ0v) is 12.4. The Bertz CT molecular complexity index is 849. The molecule has 0 saturated heterocycles. The Hall–Kier alpha value is -2.81. The fourth-order valence-corrected chi connectivity index (χ4v) is 2.18.